The Kier molecular flexibility index (Phi) is 2.44. The number of pyridine rings is 1. The van der Waals surface area contributed by atoms with E-state index in [0.717, 1.165) is 17.4 Å². The quantitative estimate of drug-likeness (QED) is 0.676. The number of aryl methyl sites for hydroxylation is 1. The van der Waals surface area contributed by atoms with Crippen LogP contribution >= 0.6 is 0 Å². The van der Waals surface area contributed by atoms with Gasteiger partial charge in [-0.25, -0.2) is 9.97 Å². The van der Waals surface area contributed by atoms with Gasteiger partial charge in [-0.05, 0) is 18.1 Å². The normalized spacial score (nSPS) is 10.3. The van der Waals surface area contributed by atoms with E-state index in [4.69, 9.17) is 0 Å². The summed E-state index contributed by atoms with van der Waals surface area (Å²) in [5.74, 6) is 0. The van der Waals surface area contributed by atoms with E-state index in [2.05, 4.69) is 15.0 Å². The number of carbonyl (C=O) groups is 1. The lowest BCUT2D eigenvalue weighted by atomic mass is 10.1. The third-order valence-electron chi connectivity index (χ3n) is 1.93. The Bertz CT molecular complexity index is 456. The van der Waals surface area contributed by atoms with Gasteiger partial charge in [-0.3, -0.25) is 4.98 Å². The third-order valence-corrected chi connectivity index (χ3v) is 1.93. The zero-order valence-corrected chi connectivity index (χ0v) is 7.55. The Morgan fingerprint density at radius 3 is 2.93 bits per heavy atom. The van der Waals surface area contributed by atoms with Crippen LogP contribution in [0.1, 0.15) is 12.0 Å². The Hall–Kier alpha value is -1.84. The van der Waals surface area contributed by atoms with E-state index in [0.29, 0.717) is 18.5 Å². The number of rotatable bonds is 3. The van der Waals surface area contributed by atoms with Crippen molar-refractivity contribution in [3.05, 3.63) is 30.2 Å². The van der Waals surface area contributed by atoms with E-state index in [1.165, 1.54) is 0 Å². The molecule has 0 radical (unpaired) electrons. The fourth-order valence-electron chi connectivity index (χ4n) is 1.26. The second kappa shape index (κ2) is 3.91. The molecule has 0 N–H and O–H groups in total. The van der Waals surface area contributed by atoms with E-state index in [1.807, 2.05) is 6.07 Å². The molecule has 0 aliphatic rings. The fourth-order valence-corrected chi connectivity index (χ4v) is 1.26. The molecule has 0 amide bonds. The van der Waals surface area contributed by atoms with Crippen LogP contribution in [-0.2, 0) is 11.2 Å². The molecule has 70 valence electrons. The predicted octanol–water partition coefficient (Wildman–Crippen LogP) is 1.16. The molecule has 2 aromatic heterocycles. The average molecular weight is 187 g/mol. The van der Waals surface area contributed by atoms with Gasteiger partial charge in [0.2, 0.25) is 0 Å². The SMILES string of the molecule is O=CCCc1cnc2nccnc2c1. The maximum Gasteiger partial charge on any atom is 0.178 e. The van der Waals surface area contributed by atoms with Gasteiger partial charge in [0.05, 0.1) is 0 Å². The first-order valence-electron chi connectivity index (χ1n) is 4.39. The van der Waals surface area contributed by atoms with Gasteiger partial charge in [0.25, 0.3) is 0 Å². The monoisotopic (exact) mass is 187 g/mol. The zero-order chi connectivity index (χ0) is 9.80. The van der Waals surface area contributed by atoms with E-state index in [1.54, 1.807) is 18.6 Å². The molecule has 0 fully saturated rings. The van der Waals surface area contributed by atoms with Crippen molar-refractivity contribution in [3.63, 3.8) is 0 Å². The minimum atomic E-state index is 0.521. The number of nitrogens with zero attached hydrogens (tertiary/aromatic N) is 3. The number of hydrogen-bond donors (Lipinski definition) is 0. The zero-order valence-electron chi connectivity index (χ0n) is 7.55. The molecule has 0 aromatic carbocycles. The molecule has 4 nitrogen and oxygen atoms in total. The summed E-state index contributed by atoms with van der Waals surface area (Å²) in [6.07, 6.45) is 7.12. The Labute approximate surface area is 81.0 Å². The first-order valence-corrected chi connectivity index (χ1v) is 4.39. The van der Waals surface area contributed by atoms with Crippen LogP contribution in [0.5, 0.6) is 0 Å². The summed E-state index contributed by atoms with van der Waals surface area (Å²) in [5.41, 5.74) is 2.43. The van der Waals surface area contributed by atoms with E-state index >= 15 is 0 Å². The number of aldehydes is 1. The van der Waals surface area contributed by atoms with Crippen LogP contribution in [0.25, 0.3) is 11.2 Å². The van der Waals surface area contributed by atoms with Crippen molar-refractivity contribution in [2.45, 2.75) is 12.8 Å². The maximum atomic E-state index is 10.2. The van der Waals surface area contributed by atoms with Gasteiger partial charge in [-0.2, -0.15) is 0 Å². The maximum absolute atomic E-state index is 10.2. The van der Waals surface area contributed by atoms with Crippen LogP contribution in [0.4, 0.5) is 0 Å². The van der Waals surface area contributed by atoms with Gasteiger partial charge >= 0.3 is 0 Å². The standard InChI is InChI=1S/C10H9N3O/c14-5-1-2-8-6-9-10(13-7-8)12-4-3-11-9/h3-7H,1-2H2. The molecule has 4 heteroatoms. The molecule has 14 heavy (non-hydrogen) atoms. The van der Waals surface area contributed by atoms with Crippen LogP contribution in [0.3, 0.4) is 0 Å². The highest BCUT2D eigenvalue weighted by molar-refractivity contribution is 5.69. The molecule has 2 rings (SSSR count). The molecule has 0 saturated heterocycles. The van der Waals surface area contributed by atoms with Crippen molar-refractivity contribution in [2.75, 3.05) is 0 Å². The Morgan fingerprint density at radius 2 is 2.07 bits per heavy atom. The summed E-state index contributed by atoms with van der Waals surface area (Å²) in [7, 11) is 0. The minimum Gasteiger partial charge on any atom is -0.303 e. The molecule has 0 saturated carbocycles. The lowest BCUT2D eigenvalue weighted by Gasteiger charge is -1.98. The second-order valence-electron chi connectivity index (χ2n) is 2.95. The first-order chi connectivity index (χ1) is 6.90. The Morgan fingerprint density at radius 1 is 1.21 bits per heavy atom. The molecular formula is C10H9N3O. The summed E-state index contributed by atoms with van der Waals surface area (Å²) in [5, 5.41) is 0. The second-order valence-corrected chi connectivity index (χ2v) is 2.95. The lowest BCUT2D eigenvalue weighted by molar-refractivity contribution is -0.107. The van der Waals surface area contributed by atoms with E-state index in [9.17, 15) is 4.79 Å². The highest BCUT2D eigenvalue weighted by Gasteiger charge is 1.98. The summed E-state index contributed by atoms with van der Waals surface area (Å²) in [6, 6.07) is 1.92. The first kappa shape index (κ1) is 8.74. The molecule has 0 atom stereocenters. The minimum absolute atomic E-state index is 0.521. The largest absolute Gasteiger partial charge is 0.303 e. The van der Waals surface area contributed by atoms with Gasteiger partial charge < -0.3 is 4.79 Å². The summed E-state index contributed by atoms with van der Waals surface area (Å²) in [4.78, 5) is 22.5. The molecular weight excluding hydrogens is 178 g/mol. The molecule has 0 aliphatic heterocycles. The molecule has 0 bridgehead atoms. The van der Waals surface area contributed by atoms with Crippen LogP contribution < -0.4 is 0 Å². The Balaban J connectivity index is 2.36. The molecule has 0 unspecified atom stereocenters. The van der Waals surface area contributed by atoms with Crippen molar-refractivity contribution in [2.24, 2.45) is 0 Å². The van der Waals surface area contributed by atoms with Gasteiger partial charge in [-0.1, -0.05) is 0 Å². The third kappa shape index (κ3) is 1.74. The summed E-state index contributed by atoms with van der Waals surface area (Å²) in [6.45, 7) is 0. The van der Waals surface area contributed by atoms with E-state index in [-0.39, 0.29) is 0 Å². The van der Waals surface area contributed by atoms with Gasteiger partial charge in [-0.15, -0.1) is 0 Å². The molecule has 0 spiro atoms. The van der Waals surface area contributed by atoms with Gasteiger partial charge in [0.15, 0.2) is 5.65 Å². The smallest absolute Gasteiger partial charge is 0.178 e. The van der Waals surface area contributed by atoms with Gasteiger partial charge in [0.1, 0.15) is 11.8 Å². The van der Waals surface area contributed by atoms with Crippen LogP contribution in [-0.4, -0.2) is 21.2 Å². The molecule has 2 aromatic rings. The number of hydrogen-bond acceptors (Lipinski definition) is 4. The lowest BCUT2D eigenvalue weighted by Crippen LogP contribution is -1.91. The summed E-state index contributed by atoms with van der Waals surface area (Å²) < 4.78 is 0. The van der Waals surface area contributed by atoms with Crippen molar-refractivity contribution in [3.8, 4) is 0 Å². The van der Waals surface area contributed by atoms with Crippen LogP contribution in [0.2, 0.25) is 0 Å². The van der Waals surface area contributed by atoms with Crippen molar-refractivity contribution in [1.82, 2.24) is 15.0 Å². The van der Waals surface area contributed by atoms with Crippen molar-refractivity contribution >= 4 is 17.5 Å². The van der Waals surface area contributed by atoms with Crippen molar-refractivity contribution < 1.29 is 4.79 Å². The molecule has 2 heterocycles. The van der Waals surface area contributed by atoms with Gasteiger partial charge in [0, 0.05) is 25.0 Å². The molecule has 0 aliphatic carbocycles. The number of fused-ring (bicyclic) bond motifs is 1. The van der Waals surface area contributed by atoms with Crippen LogP contribution in [0.15, 0.2) is 24.7 Å². The fraction of sp³-hybridized carbons (Fsp3) is 0.200. The van der Waals surface area contributed by atoms with Crippen molar-refractivity contribution in [1.29, 1.82) is 0 Å². The predicted molar refractivity (Wildman–Crippen MR) is 51.7 cm³/mol. The highest BCUT2D eigenvalue weighted by atomic mass is 16.1. The van der Waals surface area contributed by atoms with E-state index < -0.39 is 0 Å². The summed E-state index contributed by atoms with van der Waals surface area (Å²) >= 11 is 0. The van der Waals surface area contributed by atoms with Crippen LogP contribution in [0, 0.1) is 0 Å². The average Bonchev–Trinajstić information content (AvgIpc) is 2.26. The number of aromatic nitrogens is 3. The highest BCUT2D eigenvalue weighted by Crippen LogP contribution is 2.08. The number of carbonyl (C=O) groups excluding carboxylic acids is 1. The topological polar surface area (TPSA) is 55.7 Å².